The zero-order valence-electron chi connectivity index (χ0n) is 20.0. The van der Waals surface area contributed by atoms with Crippen LogP contribution < -0.4 is 10.6 Å². The van der Waals surface area contributed by atoms with Gasteiger partial charge in [-0.3, -0.25) is 14.6 Å². The fourth-order valence-electron chi connectivity index (χ4n) is 4.05. The Balaban J connectivity index is 0.000000248. The second kappa shape index (κ2) is 12.1. The van der Waals surface area contributed by atoms with Gasteiger partial charge in [0.05, 0.1) is 11.2 Å². The first kappa shape index (κ1) is 25.1. The van der Waals surface area contributed by atoms with Gasteiger partial charge in [0.15, 0.2) is 12.1 Å². The highest BCUT2D eigenvalue weighted by Crippen LogP contribution is 2.26. The number of hydrogen-bond donors (Lipinski definition) is 2. The molecule has 1 aliphatic rings. The number of nitrogens with zero attached hydrogens (tertiary/aromatic N) is 4. The molecule has 8 heteroatoms. The van der Waals surface area contributed by atoms with Crippen LogP contribution in [0.15, 0.2) is 55.4 Å². The Morgan fingerprint density at radius 3 is 2.65 bits per heavy atom. The minimum absolute atomic E-state index is 0.304. The largest absolute Gasteiger partial charge is 0.322 e. The van der Waals surface area contributed by atoms with E-state index < -0.39 is 0 Å². The van der Waals surface area contributed by atoms with Gasteiger partial charge in [0.2, 0.25) is 5.91 Å². The van der Waals surface area contributed by atoms with Crippen LogP contribution in [0.1, 0.15) is 36.2 Å². The van der Waals surface area contributed by atoms with Crippen molar-refractivity contribution < 1.29 is 9.59 Å². The lowest BCUT2D eigenvalue weighted by Crippen LogP contribution is -2.40. The predicted octanol–water partition coefficient (Wildman–Crippen LogP) is 3.71. The monoisotopic (exact) mass is 460 g/mol. The van der Waals surface area contributed by atoms with Crippen LogP contribution >= 0.6 is 0 Å². The number of rotatable bonds is 6. The van der Waals surface area contributed by atoms with Gasteiger partial charge in [-0.05, 0) is 76.8 Å². The smallest absolute Gasteiger partial charge is 0.247 e. The van der Waals surface area contributed by atoms with E-state index in [9.17, 15) is 9.59 Å². The summed E-state index contributed by atoms with van der Waals surface area (Å²) in [5.74, 6) is 0.128. The molecular formula is C26H32N6O2. The van der Waals surface area contributed by atoms with Crippen molar-refractivity contribution in [1.29, 1.82) is 0 Å². The zero-order chi connectivity index (χ0) is 24.5. The number of aromatic nitrogens is 3. The van der Waals surface area contributed by atoms with Crippen molar-refractivity contribution in [2.75, 3.05) is 26.5 Å². The number of carbonyl (C=O) groups excluding carboxylic acids is 2. The molecule has 2 unspecified atom stereocenters. The van der Waals surface area contributed by atoms with E-state index in [0.717, 1.165) is 28.6 Å². The Morgan fingerprint density at radius 1 is 1.15 bits per heavy atom. The number of amides is 1. The maximum Gasteiger partial charge on any atom is 0.247 e. The van der Waals surface area contributed by atoms with Gasteiger partial charge in [-0.2, -0.15) is 0 Å². The molecule has 1 aliphatic carbocycles. The Morgan fingerprint density at radius 2 is 1.94 bits per heavy atom. The number of nitrogens with one attached hydrogen (secondary N) is 2. The third-order valence-electron chi connectivity index (χ3n) is 6.03. The number of aldehydes is 1. The van der Waals surface area contributed by atoms with Crippen LogP contribution in [0.2, 0.25) is 0 Å². The fourth-order valence-corrected chi connectivity index (χ4v) is 4.05. The number of pyridine rings is 1. The number of anilines is 1. The number of benzene rings is 1. The lowest BCUT2D eigenvalue weighted by atomic mass is 9.90. The van der Waals surface area contributed by atoms with Crippen LogP contribution in [-0.2, 0) is 4.79 Å². The van der Waals surface area contributed by atoms with Crippen LogP contribution in [0, 0.1) is 0 Å². The zero-order valence-corrected chi connectivity index (χ0v) is 20.0. The molecule has 0 aliphatic heterocycles. The molecule has 1 amide bonds. The van der Waals surface area contributed by atoms with Crippen molar-refractivity contribution in [2.45, 2.75) is 37.8 Å². The summed E-state index contributed by atoms with van der Waals surface area (Å²) in [6.07, 6.45) is 10.5. The second-order valence-corrected chi connectivity index (χ2v) is 8.48. The standard InChI is InChI=1S/C17H12N4O2.C9H20N2/c1-2-16(23)21-15-6-8-18-14-4-3-11(9-13(14)15)17-19-7-5-12(10-22)20-17;1-10-8-5-4-6-9(7-8)11(2)3/h2-10H,1H2,(H,18,21,23);8-10H,4-7H2,1-3H3. The lowest BCUT2D eigenvalue weighted by Gasteiger charge is -2.33. The molecule has 2 N–H and O–H groups in total. The van der Waals surface area contributed by atoms with E-state index in [1.165, 1.54) is 44.0 Å². The summed E-state index contributed by atoms with van der Waals surface area (Å²) >= 11 is 0. The Kier molecular flexibility index (Phi) is 8.95. The average Bonchev–Trinajstić information content (AvgIpc) is 2.89. The topological polar surface area (TPSA) is 100 Å². The van der Waals surface area contributed by atoms with E-state index in [1.54, 1.807) is 12.3 Å². The summed E-state index contributed by atoms with van der Waals surface area (Å²) in [5, 5.41) is 6.85. The first-order valence-electron chi connectivity index (χ1n) is 11.4. The van der Waals surface area contributed by atoms with Crippen LogP contribution in [0.4, 0.5) is 5.69 Å². The molecule has 0 spiro atoms. The number of carbonyl (C=O) groups is 2. The van der Waals surface area contributed by atoms with E-state index in [-0.39, 0.29) is 5.91 Å². The third kappa shape index (κ3) is 6.52. The summed E-state index contributed by atoms with van der Waals surface area (Å²) in [4.78, 5) is 37.4. The van der Waals surface area contributed by atoms with Crippen molar-refractivity contribution in [3.05, 3.63) is 61.1 Å². The van der Waals surface area contributed by atoms with Gasteiger partial charge >= 0.3 is 0 Å². The van der Waals surface area contributed by atoms with Crippen LogP contribution in [-0.4, -0.2) is 65.3 Å². The molecule has 0 bridgehead atoms. The highest BCUT2D eigenvalue weighted by Gasteiger charge is 2.21. The van der Waals surface area contributed by atoms with Crippen molar-refractivity contribution in [2.24, 2.45) is 0 Å². The summed E-state index contributed by atoms with van der Waals surface area (Å²) in [5.41, 5.74) is 2.38. The molecule has 8 nitrogen and oxygen atoms in total. The molecule has 1 saturated carbocycles. The minimum atomic E-state index is -0.304. The van der Waals surface area contributed by atoms with Gasteiger partial charge in [-0.25, -0.2) is 9.97 Å². The minimum Gasteiger partial charge on any atom is -0.322 e. The first-order chi connectivity index (χ1) is 16.4. The summed E-state index contributed by atoms with van der Waals surface area (Å²) in [6.45, 7) is 3.44. The summed E-state index contributed by atoms with van der Waals surface area (Å²) < 4.78 is 0. The van der Waals surface area contributed by atoms with E-state index in [0.29, 0.717) is 23.5 Å². The van der Waals surface area contributed by atoms with Gasteiger partial charge in [0.1, 0.15) is 5.69 Å². The van der Waals surface area contributed by atoms with Crippen LogP contribution in [0.3, 0.4) is 0 Å². The SMILES string of the molecule is C=CC(=O)Nc1ccnc2ccc(-c3nccc(C=O)n3)cc12.CNC1CCCC(N(C)C)C1. The fraction of sp³-hybridized carbons (Fsp3) is 0.346. The van der Waals surface area contributed by atoms with Crippen molar-refractivity contribution in [1.82, 2.24) is 25.2 Å². The molecule has 0 saturated heterocycles. The van der Waals surface area contributed by atoms with Crippen LogP contribution in [0.5, 0.6) is 0 Å². The molecule has 1 fully saturated rings. The van der Waals surface area contributed by atoms with E-state index >= 15 is 0 Å². The Bertz CT molecular complexity index is 1150. The van der Waals surface area contributed by atoms with Crippen molar-refractivity contribution in [3.63, 3.8) is 0 Å². The maximum absolute atomic E-state index is 11.6. The second-order valence-electron chi connectivity index (χ2n) is 8.48. The average molecular weight is 461 g/mol. The number of fused-ring (bicyclic) bond motifs is 1. The van der Waals surface area contributed by atoms with Crippen LogP contribution in [0.25, 0.3) is 22.3 Å². The molecule has 178 valence electrons. The third-order valence-corrected chi connectivity index (χ3v) is 6.03. The van der Waals surface area contributed by atoms with Gasteiger partial charge < -0.3 is 15.5 Å². The van der Waals surface area contributed by atoms with Crippen molar-refractivity contribution >= 4 is 28.8 Å². The lowest BCUT2D eigenvalue weighted by molar-refractivity contribution is -0.111. The highest BCUT2D eigenvalue weighted by atomic mass is 16.1. The maximum atomic E-state index is 11.6. The van der Waals surface area contributed by atoms with Gasteiger partial charge in [-0.15, -0.1) is 0 Å². The van der Waals surface area contributed by atoms with Gasteiger partial charge in [-0.1, -0.05) is 13.0 Å². The molecule has 2 aromatic heterocycles. The molecule has 2 atom stereocenters. The molecule has 0 radical (unpaired) electrons. The molecule has 1 aromatic carbocycles. The van der Waals surface area contributed by atoms with Gasteiger partial charge in [0, 0.05) is 35.4 Å². The highest BCUT2D eigenvalue weighted by molar-refractivity contribution is 6.05. The summed E-state index contributed by atoms with van der Waals surface area (Å²) in [6, 6.07) is 10.3. The normalized spacial score (nSPS) is 17.5. The molecular weight excluding hydrogens is 428 g/mol. The quantitative estimate of drug-likeness (QED) is 0.427. The molecule has 3 aromatic rings. The van der Waals surface area contributed by atoms with E-state index in [4.69, 9.17) is 0 Å². The predicted molar refractivity (Wildman–Crippen MR) is 136 cm³/mol. The van der Waals surface area contributed by atoms with Crippen molar-refractivity contribution in [3.8, 4) is 11.4 Å². The molecule has 34 heavy (non-hydrogen) atoms. The van der Waals surface area contributed by atoms with E-state index in [1.807, 2.05) is 18.2 Å². The Labute approximate surface area is 200 Å². The first-order valence-corrected chi connectivity index (χ1v) is 11.4. The van der Waals surface area contributed by atoms with E-state index in [2.05, 4.69) is 58.2 Å². The van der Waals surface area contributed by atoms with Gasteiger partial charge in [0.25, 0.3) is 0 Å². The molecule has 4 rings (SSSR count). The molecule has 2 heterocycles. The Hall–Kier alpha value is -3.49. The summed E-state index contributed by atoms with van der Waals surface area (Å²) in [7, 11) is 6.44. The number of hydrogen-bond acceptors (Lipinski definition) is 7.